The van der Waals surface area contributed by atoms with Crippen LogP contribution in [0, 0.1) is 5.92 Å². The summed E-state index contributed by atoms with van der Waals surface area (Å²) in [4.78, 5) is 35.5. The van der Waals surface area contributed by atoms with Crippen molar-refractivity contribution in [2.45, 2.75) is 25.8 Å². The summed E-state index contributed by atoms with van der Waals surface area (Å²) in [7, 11) is 3.04. The highest BCUT2D eigenvalue weighted by Crippen LogP contribution is 2.25. The largest absolute Gasteiger partial charge is 0.497 e. The van der Waals surface area contributed by atoms with Crippen LogP contribution in [-0.2, 0) is 9.59 Å². The van der Waals surface area contributed by atoms with Crippen molar-refractivity contribution in [3.8, 4) is 11.5 Å². The zero-order valence-corrected chi connectivity index (χ0v) is 15.7. The van der Waals surface area contributed by atoms with Gasteiger partial charge in [-0.2, -0.15) is 0 Å². The summed E-state index contributed by atoms with van der Waals surface area (Å²) in [6.45, 7) is 2.06. The molecule has 1 aromatic rings. The molecule has 146 valence electrons. The molecule has 3 N–H and O–H groups in total. The molecule has 0 aromatic heterocycles. The first-order valence-electron chi connectivity index (χ1n) is 8.68. The fourth-order valence-corrected chi connectivity index (χ4v) is 2.83. The average Bonchev–Trinajstić information content (AvgIpc) is 3.03. The van der Waals surface area contributed by atoms with E-state index in [0.29, 0.717) is 36.6 Å². The standard InChI is InChI=1S/C19H25N3O5/c1-12(23)4-5-14(8-13-6-7-20-18(13)24)21-19(25)22-15-9-16(26-2)11-17(10-15)27-3/h4-5,9-11,13-14H,6-8H2,1-3H3,(H,20,24)(H2,21,22,25)/b5-4+. The number of rotatable bonds is 8. The van der Waals surface area contributed by atoms with Crippen molar-refractivity contribution in [1.29, 1.82) is 0 Å². The van der Waals surface area contributed by atoms with Gasteiger partial charge in [-0.25, -0.2) is 4.79 Å². The van der Waals surface area contributed by atoms with E-state index in [1.165, 1.54) is 27.2 Å². The van der Waals surface area contributed by atoms with Gasteiger partial charge < -0.3 is 25.4 Å². The molecule has 2 unspecified atom stereocenters. The predicted molar refractivity (Wildman–Crippen MR) is 101 cm³/mol. The third kappa shape index (κ3) is 6.32. The molecule has 8 heteroatoms. The van der Waals surface area contributed by atoms with E-state index in [4.69, 9.17) is 9.47 Å². The number of nitrogens with one attached hydrogen (secondary N) is 3. The van der Waals surface area contributed by atoms with Gasteiger partial charge in [-0.3, -0.25) is 9.59 Å². The second-order valence-electron chi connectivity index (χ2n) is 6.29. The van der Waals surface area contributed by atoms with Crippen LogP contribution in [0.1, 0.15) is 19.8 Å². The van der Waals surface area contributed by atoms with Crippen molar-refractivity contribution < 1.29 is 23.9 Å². The van der Waals surface area contributed by atoms with E-state index in [9.17, 15) is 14.4 Å². The molecule has 0 radical (unpaired) electrons. The molecule has 2 rings (SSSR count). The Labute approximate surface area is 158 Å². The van der Waals surface area contributed by atoms with E-state index in [-0.39, 0.29) is 17.6 Å². The number of anilines is 1. The van der Waals surface area contributed by atoms with Crippen molar-refractivity contribution in [2.75, 3.05) is 26.1 Å². The molecule has 1 aliphatic heterocycles. The smallest absolute Gasteiger partial charge is 0.319 e. The van der Waals surface area contributed by atoms with Crippen LogP contribution in [0.3, 0.4) is 0 Å². The Morgan fingerprint density at radius 2 is 1.93 bits per heavy atom. The fraction of sp³-hybridized carbons (Fsp3) is 0.421. The van der Waals surface area contributed by atoms with Gasteiger partial charge in [0.2, 0.25) is 5.91 Å². The molecule has 2 atom stereocenters. The number of amides is 3. The first kappa shape index (κ1) is 20.3. The van der Waals surface area contributed by atoms with E-state index in [1.807, 2.05) is 0 Å². The van der Waals surface area contributed by atoms with Crippen molar-refractivity contribution in [3.63, 3.8) is 0 Å². The number of carbonyl (C=O) groups is 3. The number of ketones is 1. The highest BCUT2D eigenvalue weighted by molar-refractivity contribution is 5.91. The molecule has 1 aliphatic rings. The molecular weight excluding hydrogens is 350 g/mol. The van der Waals surface area contributed by atoms with Crippen LogP contribution in [0.5, 0.6) is 11.5 Å². The molecule has 1 heterocycles. The van der Waals surface area contributed by atoms with Gasteiger partial charge in [0.25, 0.3) is 0 Å². The van der Waals surface area contributed by atoms with Gasteiger partial charge in [0.15, 0.2) is 5.78 Å². The number of allylic oxidation sites excluding steroid dienone is 1. The Balaban J connectivity index is 2.05. The lowest BCUT2D eigenvalue weighted by atomic mass is 9.98. The van der Waals surface area contributed by atoms with Crippen LogP contribution in [0.15, 0.2) is 30.4 Å². The summed E-state index contributed by atoms with van der Waals surface area (Å²) in [5.74, 6) is 0.732. The highest BCUT2D eigenvalue weighted by Gasteiger charge is 2.27. The summed E-state index contributed by atoms with van der Waals surface area (Å²) in [6.07, 6.45) is 4.14. The van der Waals surface area contributed by atoms with Crippen LogP contribution in [-0.4, -0.2) is 44.5 Å². The summed E-state index contributed by atoms with van der Waals surface area (Å²) in [5, 5.41) is 8.28. The Kier molecular flexibility index (Phi) is 7.22. The quantitative estimate of drug-likeness (QED) is 0.602. The SMILES string of the molecule is COc1cc(NC(=O)NC(/C=C/C(C)=O)CC2CCNC2=O)cc(OC)c1. The molecule has 0 bridgehead atoms. The summed E-state index contributed by atoms with van der Waals surface area (Å²) < 4.78 is 10.4. The third-order valence-electron chi connectivity index (χ3n) is 4.19. The normalized spacial score (nSPS) is 17.3. The number of urea groups is 1. The second-order valence-corrected chi connectivity index (χ2v) is 6.29. The lowest BCUT2D eigenvalue weighted by molar-refractivity contribution is -0.122. The van der Waals surface area contributed by atoms with E-state index < -0.39 is 12.1 Å². The third-order valence-corrected chi connectivity index (χ3v) is 4.19. The number of carbonyl (C=O) groups excluding carboxylic acids is 3. The number of hydrogen-bond donors (Lipinski definition) is 3. The van der Waals surface area contributed by atoms with Gasteiger partial charge in [0, 0.05) is 36.3 Å². The van der Waals surface area contributed by atoms with Crippen LogP contribution in [0.25, 0.3) is 0 Å². The molecule has 0 aliphatic carbocycles. The van der Waals surface area contributed by atoms with Crippen molar-refractivity contribution in [2.24, 2.45) is 5.92 Å². The van der Waals surface area contributed by atoms with Gasteiger partial charge in [-0.05, 0) is 25.8 Å². The molecule has 8 nitrogen and oxygen atoms in total. The monoisotopic (exact) mass is 375 g/mol. The number of methoxy groups -OCH3 is 2. The minimum absolute atomic E-state index is 0.0315. The minimum Gasteiger partial charge on any atom is -0.497 e. The van der Waals surface area contributed by atoms with Gasteiger partial charge in [-0.1, -0.05) is 6.08 Å². The molecular formula is C19H25N3O5. The van der Waals surface area contributed by atoms with Gasteiger partial charge in [-0.15, -0.1) is 0 Å². The second kappa shape index (κ2) is 9.61. The summed E-state index contributed by atoms with van der Waals surface area (Å²) in [6, 6.07) is 4.11. The van der Waals surface area contributed by atoms with Gasteiger partial charge in [0.1, 0.15) is 11.5 Å². The summed E-state index contributed by atoms with van der Waals surface area (Å²) in [5.41, 5.74) is 0.497. The van der Waals surface area contributed by atoms with Gasteiger partial charge >= 0.3 is 6.03 Å². The maximum Gasteiger partial charge on any atom is 0.319 e. The van der Waals surface area contributed by atoms with E-state index in [1.54, 1.807) is 24.3 Å². The minimum atomic E-state index is -0.457. The Morgan fingerprint density at radius 3 is 2.44 bits per heavy atom. The molecule has 1 saturated heterocycles. The Bertz CT molecular complexity index is 710. The topological polar surface area (TPSA) is 106 Å². The van der Waals surface area contributed by atoms with Crippen LogP contribution >= 0.6 is 0 Å². The fourth-order valence-electron chi connectivity index (χ4n) is 2.83. The molecule has 27 heavy (non-hydrogen) atoms. The van der Waals surface area contributed by atoms with E-state index >= 15 is 0 Å². The molecule has 0 saturated carbocycles. The predicted octanol–water partition coefficient (Wildman–Crippen LogP) is 1.87. The van der Waals surface area contributed by atoms with Crippen molar-refractivity contribution in [1.82, 2.24) is 10.6 Å². The maximum absolute atomic E-state index is 12.4. The molecule has 1 aromatic carbocycles. The molecule has 3 amide bonds. The Morgan fingerprint density at radius 1 is 1.26 bits per heavy atom. The Hall–Kier alpha value is -3.03. The van der Waals surface area contributed by atoms with Crippen molar-refractivity contribution >= 4 is 23.4 Å². The molecule has 1 fully saturated rings. The first-order chi connectivity index (χ1) is 12.9. The summed E-state index contributed by atoms with van der Waals surface area (Å²) >= 11 is 0. The average molecular weight is 375 g/mol. The molecule has 0 spiro atoms. The lowest BCUT2D eigenvalue weighted by Crippen LogP contribution is -2.39. The first-order valence-corrected chi connectivity index (χ1v) is 8.68. The maximum atomic E-state index is 12.4. The van der Waals surface area contributed by atoms with Crippen LogP contribution in [0.2, 0.25) is 0 Å². The number of hydrogen-bond acceptors (Lipinski definition) is 5. The highest BCUT2D eigenvalue weighted by atomic mass is 16.5. The van der Waals surface area contributed by atoms with E-state index in [2.05, 4.69) is 16.0 Å². The zero-order chi connectivity index (χ0) is 19.8. The van der Waals surface area contributed by atoms with Crippen LogP contribution in [0.4, 0.5) is 10.5 Å². The van der Waals surface area contributed by atoms with Gasteiger partial charge in [0.05, 0.1) is 20.3 Å². The zero-order valence-electron chi connectivity index (χ0n) is 15.7. The van der Waals surface area contributed by atoms with E-state index in [0.717, 1.165) is 0 Å². The van der Waals surface area contributed by atoms with Crippen LogP contribution < -0.4 is 25.4 Å². The lowest BCUT2D eigenvalue weighted by Gasteiger charge is -2.18. The number of ether oxygens (including phenoxy) is 2. The number of benzene rings is 1. The van der Waals surface area contributed by atoms with Crippen molar-refractivity contribution in [3.05, 3.63) is 30.4 Å².